The number of methoxy groups -OCH3 is 2. The minimum absolute atomic E-state index is 0.102. The van der Waals surface area contributed by atoms with E-state index >= 15 is 0 Å². The van der Waals surface area contributed by atoms with Crippen LogP contribution in [0.5, 0.6) is 6.01 Å². The van der Waals surface area contributed by atoms with Gasteiger partial charge in [0.2, 0.25) is 0 Å². The van der Waals surface area contributed by atoms with Crippen molar-refractivity contribution in [3.63, 3.8) is 0 Å². The Morgan fingerprint density at radius 1 is 1.16 bits per heavy atom. The number of rotatable bonds is 6. The Kier molecular flexibility index (Phi) is 6.52. The molecule has 9 nitrogen and oxygen atoms in total. The molecule has 0 fully saturated rings. The Labute approximate surface area is 148 Å². The fourth-order valence-corrected chi connectivity index (χ4v) is 2.49. The van der Waals surface area contributed by atoms with Crippen LogP contribution in [0.4, 0.5) is 4.79 Å². The molecule has 0 aliphatic carbocycles. The van der Waals surface area contributed by atoms with Gasteiger partial charge in [-0.2, -0.15) is 9.97 Å². The van der Waals surface area contributed by atoms with Gasteiger partial charge < -0.3 is 14.8 Å². The van der Waals surface area contributed by atoms with Crippen LogP contribution in [-0.2, 0) is 11.3 Å². The number of aromatic nitrogens is 3. The highest BCUT2D eigenvalue weighted by molar-refractivity contribution is 7.98. The molecular weight excluding hydrogens is 346 g/mol. The number of amides is 2. The van der Waals surface area contributed by atoms with Crippen molar-refractivity contribution in [2.45, 2.75) is 18.4 Å². The van der Waals surface area contributed by atoms with E-state index in [1.807, 2.05) is 0 Å². The average Bonchev–Trinajstić information content (AvgIpc) is 2.63. The van der Waals surface area contributed by atoms with E-state index in [2.05, 4.69) is 25.0 Å². The maximum atomic E-state index is 11.9. The Hall–Kier alpha value is -2.88. The number of benzene rings is 1. The molecule has 1 heterocycles. The molecule has 0 unspecified atom stereocenters. The quantitative estimate of drug-likeness (QED) is 0.586. The van der Waals surface area contributed by atoms with Gasteiger partial charge in [0.05, 0.1) is 26.3 Å². The van der Waals surface area contributed by atoms with Gasteiger partial charge in [-0.1, -0.05) is 12.1 Å². The van der Waals surface area contributed by atoms with Crippen LogP contribution < -0.4 is 14.8 Å². The Balaban J connectivity index is 1.92. The molecule has 0 radical (unpaired) electrons. The summed E-state index contributed by atoms with van der Waals surface area (Å²) in [7, 11) is 2.75. The molecule has 0 aliphatic rings. The largest absolute Gasteiger partial charge is 0.467 e. The van der Waals surface area contributed by atoms with Crippen LogP contribution in [-0.4, -0.2) is 41.2 Å². The summed E-state index contributed by atoms with van der Waals surface area (Å²) in [5, 5.41) is 2.62. The van der Waals surface area contributed by atoms with E-state index < -0.39 is 12.0 Å². The monoisotopic (exact) mass is 363 g/mol. The summed E-state index contributed by atoms with van der Waals surface area (Å²) in [5.74, 6) is 0.392. The van der Waals surface area contributed by atoms with Gasteiger partial charge in [-0.15, -0.1) is 0 Å². The molecular formula is C15H17N5O4S. The van der Waals surface area contributed by atoms with E-state index in [0.29, 0.717) is 22.1 Å². The molecule has 0 spiro atoms. The number of nitrogens with one attached hydrogen (secondary N) is 2. The van der Waals surface area contributed by atoms with Crippen LogP contribution >= 0.6 is 11.9 Å². The second-order valence-electron chi connectivity index (χ2n) is 4.66. The first kappa shape index (κ1) is 18.5. The third-order valence-corrected chi connectivity index (χ3v) is 3.77. The number of carbonyl (C=O) groups excluding carboxylic acids is 2. The lowest BCUT2D eigenvalue weighted by atomic mass is 10.2. The van der Waals surface area contributed by atoms with Crippen molar-refractivity contribution in [3.8, 4) is 6.01 Å². The van der Waals surface area contributed by atoms with E-state index in [0.717, 1.165) is 11.9 Å². The average molecular weight is 363 g/mol. The van der Waals surface area contributed by atoms with Crippen LogP contribution in [0.15, 0.2) is 29.2 Å². The minimum Gasteiger partial charge on any atom is -0.467 e. The van der Waals surface area contributed by atoms with Crippen LogP contribution in [0.25, 0.3) is 0 Å². The maximum absolute atomic E-state index is 11.9. The van der Waals surface area contributed by atoms with Crippen LogP contribution in [0.1, 0.15) is 22.0 Å². The van der Waals surface area contributed by atoms with Crippen molar-refractivity contribution in [2.24, 2.45) is 0 Å². The third-order valence-electron chi connectivity index (χ3n) is 2.91. The highest BCUT2D eigenvalue weighted by Crippen LogP contribution is 2.20. The van der Waals surface area contributed by atoms with Gasteiger partial charge in [-0.05, 0) is 31.0 Å². The lowest BCUT2D eigenvalue weighted by molar-refractivity contribution is 0.0596. The van der Waals surface area contributed by atoms with Crippen LogP contribution in [0.2, 0.25) is 0 Å². The van der Waals surface area contributed by atoms with Crippen LogP contribution in [0.3, 0.4) is 0 Å². The first-order chi connectivity index (χ1) is 12.0. The third kappa shape index (κ3) is 5.31. The molecule has 10 heteroatoms. The zero-order valence-corrected chi connectivity index (χ0v) is 14.7. The van der Waals surface area contributed by atoms with E-state index in [1.165, 1.54) is 14.2 Å². The van der Waals surface area contributed by atoms with E-state index in [4.69, 9.17) is 9.47 Å². The SMILES string of the molecule is COC(=O)c1ccccc1SNC(=O)NCc1nc(C)nc(OC)n1. The summed E-state index contributed by atoms with van der Waals surface area (Å²) in [6, 6.07) is 6.53. The molecule has 0 saturated carbocycles. The van der Waals surface area contributed by atoms with E-state index in [9.17, 15) is 9.59 Å². The second-order valence-corrected chi connectivity index (χ2v) is 5.51. The molecule has 25 heavy (non-hydrogen) atoms. The molecule has 1 aromatic heterocycles. The zero-order chi connectivity index (χ0) is 18.2. The fourth-order valence-electron chi connectivity index (χ4n) is 1.81. The summed E-state index contributed by atoms with van der Waals surface area (Å²) in [6.07, 6.45) is 0. The van der Waals surface area contributed by atoms with Gasteiger partial charge in [-0.25, -0.2) is 14.6 Å². The topological polar surface area (TPSA) is 115 Å². The smallest absolute Gasteiger partial charge is 0.339 e. The Bertz CT molecular complexity index is 771. The fraction of sp³-hybridized carbons (Fsp3) is 0.267. The van der Waals surface area contributed by atoms with E-state index in [-0.39, 0.29) is 12.6 Å². The summed E-state index contributed by atoms with van der Waals surface area (Å²) in [4.78, 5) is 36.3. The van der Waals surface area contributed by atoms with Crippen molar-refractivity contribution in [1.82, 2.24) is 25.0 Å². The van der Waals surface area contributed by atoms with Gasteiger partial charge in [-0.3, -0.25) is 4.72 Å². The number of aryl methyl sites for hydroxylation is 1. The summed E-state index contributed by atoms with van der Waals surface area (Å²) < 4.78 is 12.3. The molecule has 2 N–H and O–H groups in total. The summed E-state index contributed by atoms with van der Waals surface area (Å²) in [5.41, 5.74) is 0.369. The van der Waals surface area contributed by atoms with Gasteiger partial charge in [0.25, 0.3) is 0 Å². The number of carbonyl (C=O) groups is 2. The summed E-state index contributed by atoms with van der Waals surface area (Å²) >= 11 is 1.00. The molecule has 132 valence electrons. The lowest BCUT2D eigenvalue weighted by Crippen LogP contribution is -2.31. The van der Waals surface area contributed by atoms with Crippen molar-refractivity contribution < 1.29 is 19.1 Å². The molecule has 0 saturated heterocycles. The molecule has 2 amide bonds. The van der Waals surface area contributed by atoms with Gasteiger partial charge >= 0.3 is 18.0 Å². The Morgan fingerprint density at radius 2 is 1.92 bits per heavy atom. The minimum atomic E-state index is -0.474. The molecule has 0 bridgehead atoms. The number of esters is 1. The first-order valence-electron chi connectivity index (χ1n) is 7.17. The normalized spacial score (nSPS) is 10.0. The van der Waals surface area contributed by atoms with Crippen LogP contribution in [0, 0.1) is 6.92 Å². The maximum Gasteiger partial charge on any atom is 0.339 e. The predicted molar refractivity (Wildman–Crippen MR) is 90.1 cm³/mol. The number of hydrogen-bond donors (Lipinski definition) is 2. The van der Waals surface area contributed by atoms with E-state index in [1.54, 1.807) is 31.2 Å². The van der Waals surface area contributed by atoms with Crippen molar-refractivity contribution in [2.75, 3.05) is 14.2 Å². The zero-order valence-electron chi connectivity index (χ0n) is 13.9. The van der Waals surface area contributed by atoms with Gasteiger partial charge in [0.1, 0.15) is 5.82 Å². The number of urea groups is 1. The van der Waals surface area contributed by atoms with Crippen molar-refractivity contribution >= 4 is 23.9 Å². The highest BCUT2D eigenvalue weighted by atomic mass is 32.2. The molecule has 2 rings (SSSR count). The number of hydrogen-bond acceptors (Lipinski definition) is 8. The second kappa shape index (κ2) is 8.83. The van der Waals surface area contributed by atoms with Gasteiger partial charge in [0, 0.05) is 4.90 Å². The summed E-state index contributed by atoms with van der Waals surface area (Å²) in [6.45, 7) is 1.80. The standard InChI is InChI=1S/C15H17N5O4S/c1-9-17-12(19-15(18-9)24-3)8-16-14(22)20-25-11-7-5-4-6-10(11)13(21)23-2/h4-7H,8H2,1-3H3,(H2,16,20,22). The van der Waals surface area contributed by atoms with Crippen molar-refractivity contribution in [1.29, 1.82) is 0 Å². The molecule has 0 atom stereocenters. The number of nitrogens with zero attached hydrogens (tertiary/aromatic N) is 3. The highest BCUT2D eigenvalue weighted by Gasteiger charge is 2.13. The van der Waals surface area contributed by atoms with Crippen molar-refractivity contribution in [3.05, 3.63) is 41.5 Å². The predicted octanol–water partition coefficient (Wildman–Crippen LogP) is 1.48. The van der Waals surface area contributed by atoms with Gasteiger partial charge in [0.15, 0.2) is 5.82 Å². The Morgan fingerprint density at radius 3 is 2.64 bits per heavy atom. The lowest BCUT2D eigenvalue weighted by Gasteiger charge is -2.09. The first-order valence-corrected chi connectivity index (χ1v) is 7.98. The molecule has 2 aromatic rings. The number of ether oxygens (including phenoxy) is 2. The molecule has 1 aromatic carbocycles. The molecule has 0 aliphatic heterocycles.